The van der Waals surface area contributed by atoms with Crippen molar-refractivity contribution in [2.45, 2.75) is 13.0 Å². The van der Waals surface area contributed by atoms with Crippen molar-refractivity contribution in [3.05, 3.63) is 57.3 Å². The fraction of sp³-hybridized carbons (Fsp3) is 0.250. The average Bonchev–Trinajstić information content (AvgIpc) is 3.01. The van der Waals surface area contributed by atoms with Gasteiger partial charge in [0, 0.05) is 14.1 Å². The number of halogens is 2. The van der Waals surface area contributed by atoms with Gasteiger partial charge in [0.25, 0.3) is 12.3 Å². The van der Waals surface area contributed by atoms with E-state index < -0.39 is 12.3 Å². The molecule has 0 aliphatic heterocycles. The molecule has 0 aliphatic rings. The molecule has 0 radical (unpaired) electrons. The normalized spacial score (nSPS) is 10.8. The van der Waals surface area contributed by atoms with Gasteiger partial charge in [0.1, 0.15) is 0 Å². The summed E-state index contributed by atoms with van der Waals surface area (Å²) in [4.78, 5) is 12.4. The van der Waals surface area contributed by atoms with E-state index in [1.165, 1.54) is 21.5 Å². The third-order valence-corrected chi connectivity index (χ3v) is 4.22. The Kier molecular flexibility index (Phi) is 5.42. The van der Waals surface area contributed by atoms with Crippen LogP contribution in [0.25, 0.3) is 0 Å². The van der Waals surface area contributed by atoms with E-state index in [4.69, 9.17) is 5.26 Å². The monoisotopic (exact) mass is 335 g/mol. The second kappa shape index (κ2) is 7.31. The third kappa shape index (κ3) is 3.73. The summed E-state index contributed by atoms with van der Waals surface area (Å²) in [6.45, 7) is 0.133. The maximum atomic E-state index is 13.0. The highest BCUT2D eigenvalue weighted by Gasteiger charge is 2.26. The minimum atomic E-state index is -2.69. The molecule has 1 heterocycles. The zero-order valence-electron chi connectivity index (χ0n) is 12.7. The van der Waals surface area contributed by atoms with Gasteiger partial charge in [0.05, 0.1) is 28.6 Å². The topological polar surface area (TPSA) is 47.3 Å². The summed E-state index contributed by atoms with van der Waals surface area (Å²) in [5, 5.41) is 13.5. The number of rotatable bonds is 5. The van der Waals surface area contributed by atoms with Crippen molar-refractivity contribution in [1.82, 2.24) is 10.0 Å². The molecule has 2 aromatic rings. The minimum absolute atomic E-state index is 0.00635. The van der Waals surface area contributed by atoms with Crippen LogP contribution in [0, 0.1) is 11.3 Å². The largest absolute Gasteiger partial charge is 0.273 e. The van der Waals surface area contributed by atoms with Crippen LogP contribution in [0.2, 0.25) is 0 Å². The molecule has 0 atom stereocenters. The first-order valence-electron chi connectivity index (χ1n) is 6.78. The van der Waals surface area contributed by atoms with Gasteiger partial charge in [-0.15, -0.1) is 11.3 Å². The van der Waals surface area contributed by atoms with Gasteiger partial charge in [0.2, 0.25) is 0 Å². The van der Waals surface area contributed by atoms with Crippen molar-refractivity contribution in [3.8, 4) is 6.07 Å². The predicted octanol–water partition coefficient (Wildman–Crippen LogP) is 3.68. The number of benzene rings is 1. The summed E-state index contributed by atoms with van der Waals surface area (Å²) in [6.07, 6.45) is -2.69. The Labute approximate surface area is 137 Å². The van der Waals surface area contributed by atoms with Gasteiger partial charge in [-0.05, 0) is 23.1 Å². The van der Waals surface area contributed by atoms with Crippen LogP contribution < -0.4 is 0 Å². The van der Waals surface area contributed by atoms with Gasteiger partial charge in [-0.25, -0.2) is 13.8 Å². The molecule has 0 saturated carbocycles. The summed E-state index contributed by atoms with van der Waals surface area (Å²) in [7, 11) is 3.31. The molecule has 7 heteroatoms. The smallest absolute Gasteiger partial charge is 0.268 e. The maximum absolute atomic E-state index is 13.0. The van der Waals surface area contributed by atoms with Crippen LogP contribution in [-0.2, 0) is 6.54 Å². The number of amides is 1. The maximum Gasteiger partial charge on any atom is 0.273 e. The molecule has 0 unspecified atom stereocenters. The summed E-state index contributed by atoms with van der Waals surface area (Å²) in [5.41, 5.74) is 1.10. The standard InChI is InChI=1S/C16H15F2N3OS/c1-20(2)21(10-12-6-4-3-5-11(12)9-19)16(22)13-7-8-23-14(13)15(17)18/h3-8,15H,10H2,1-2H3. The highest BCUT2D eigenvalue weighted by Crippen LogP contribution is 2.29. The number of carbonyl (C=O) groups is 1. The van der Waals surface area contributed by atoms with Crippen LogP contribution >= 0.6 is 11.3 Å². The van der Waals surface area contributed by atoms with Gasteiger partial charge in [-0.1, -0.05) is 18.2 Å². The van der Waals surface area contributed by atoms with Crippen LogP contribution in [-0.4, -0.2) is 30.0 Å². The van der Waals surface area contributed by atoms with Crippen molar-refractivity contribution < 1.29 is 13.6 Å². The zero-order chi connectivity index (χ0) is 17.0. The molecule has 0 fully saturated rings. The number of hydrogen-bond acceptors (Lipinski definition) is 4. The number of carbonyl (C=O) groups excluding carboxylic acids is 1. The molecule has 2 rings (SSSR count). The molecule has 0 bridgehead atoms. The number of thiophene rings is 1. The summed E-state index contributed by atoms with van der Waals surface area (Å²) < 4.78 is 26.0. The second-order valence-corrected chi connectivity index (χ2v) is 5.93. The van der Waals surface area contributed by atoms with Crippen molar-refractivity contribution in [1.29, 1.82) is 5.26 Å². The first-order chi connectivity index (χ1) is 11.0. The number of nitrogens with zero attached hydrogens (tertiary/aromatic N) is 3. The van der Waals surface area contributed by atoms with Crippen LogP contribution in [0.15, 0.2) is 35.7 Å². The van der Waals surface area contributed by atoms with Gasteiger partial charge in [0.15, 0.2) is 0 Å². The van der Waals surface area contributed by atoms with Crippen LogP contribution in [0.4, 0.5) is 8.78 Å². The summed E-state index contributed by atoms with van der Waals surface area (Å²) >= 11 is 0.861. The van der Waals surface area contributed by atoms with Crippen molar-refractivity contribution >= 4 is 17.2 Å². The molecule has 23 heavy (non-hydrogen) atoms. The summed E-state index contributed by atoms with van der Waals surface area (Å²) in [5.74, 6) is -0.515. The first-order valence-corrected chi connectivity index (χ1v) is 7.66. The molecule has 1 aromatic carbocycles. The Balaban J connectivity index is 2.34. The zero-order valence-corrected chi connectivity index (χ0v) is 13.5. The lowest BCUT2D eigenvalue weighted by Crippen LogP contribution is -2.41. The lowest BCUT2D eigenvalue weighted by Gasteiger charge is -2.29. The van der Waals surface area contributed by atoms with Crippen molar-refractivity contribution in [2.75, 3.05) is 14.1 Å². The quantitative estimate of drug-likeness (QED) is 0.783. The molecule has 120 valence electrons. The Morgan fingerprint density at radius 3 is 2.61 bits per heavy atom. The first kappa shape index (κ1) is 17.1. The van der Waals surface area contributed by atoms with Gasteiger partial charge in [-0.2, -0.15) is 5.26 Å². The molecule has 4 nitrogen and oxygen atoms in total. The van der Waals surface area contributed by atoms with E-state index in [2.05, 4.69) is 6.07 Å². The Hall–Kier alpha value is -2.30. The third-order valence-electron chi connectivity index (χ3n) is 3.30. The molecule has 1 amide bonds. The molecule has 0 N–H and O–H groups in total. The predicted molar refractivity (Wildman–Crippen MR) is 84.0 cm³/mol. The Morgan fingerprint density at radius 2 is 2.00 bits per heavy atom. The van der Waals surface area contributed by atoms with Gasteiger partial charge < -0.3 is 0 Å². The summed E-state index contributed by atoms with van der Waals surface area (Å²) in [6, 6.07) is 10.4. The van der Waals surface area contributed by atoms with E-state index >= 15 is 0 Å². The molecule has 0 saturated heterocycles. The van der Waals surface area contributed by atoms with Crippen molar-refractivity contribution in [3.63, 3.8) is 0 Å². The number of alkyl halides is 2. The molecular weight excluding hydrogens is 320 g/mol. The van der Waals surface area contributed by atoms with Crippen LogP contribution in [0.3, 0.4) is 0 Å². The lowest BCUT2D eigenvalue weighted by atomic mass is 10.1. The Bertz CT molecular complexity index is 737. The fourth-order valence-electron chi connectivity index (χ4n) is 2.13. The molecule has 0 aliphatic carbocycles. The van der Waals surface area contributed by atoms with E-state index in [0.29, 0.717) is 11.1 Å². The van der Waals surface area contributed by atoms with E-state index in [1.54, 1.807) is 38.4 Å². The van der Waals surface area contributed by atoms with Crippen molar-refractivity contribution in [2.24, 2.45) is 0 Å². The van der Waals surface area contributed by atoms with E-state index in [1.807, 2.05) is 0 Å². The highest BCUT2D eigenvalue weighted by atomic mass is 32.1. The van der Waals surface area contributed by atoms with Gasteiger partial charge >= 0.3 is 0 Å². The minimum Gasteiger partial charge on any atom is -0.268 e. The average molecular weight is 335 g/mol. The van der Waals surface area contributed by atoms with Gasteiger partial charge in [-0.3, -0.25) is 9.80 Å². The van der Waals surface area contributed by atoms with E-state index in [0.717, 1.165) is 11.3 Å². The molecule has 0 spiro atoms. The number of nitriles is 1. The fourth-order valence-corrected chi connectivity index (χ4v) is 2.87. The second-order valence-electron chi connectivity index (χ2n) is 4.98. The van der Waals surface area contributed by atoms with Crippen LogP contribution in [0.1, 0.15) is 32.8 Å². The SMILES string of the molecule is CN(C)N(Cc1ccccc1C#N)C(=O)c1ccsc1C(F)F. The molecular formula is C16H15F2N3OS. The van der Waals surface area contributed by atoms with E-state index in [9.17, 15) is 13.6 Å². The number of hydrogen-bond donors (Lipinski definition) is 0. The lowest BCUT2D eigenvalue weighted by molar-refractivity contribution is 0.0149. The Morgan fingerprint density at radius 1 is 1.30 bits per heavy atom. The highest BCUT2D eigenvalue weighted by molar-refractivity contribution is 7.10. The van der Waals surface area contributed by atoms with Crippen LogP contribution in [0.5, 0.6) is 0 Å². The molecule has 1 aromatic heterocycles. The van der Waals surface area contributed by atoms with E-state index in [-0.39, 0.29) is 17.0 Å². The number of hydrazine groups is 1.